The van der Waals surface area contributed by atoms with Crippen molar-refractivity contribution in [1.29, 1.82) is 0 Å². The molecule has 2 aromatic carbocycles. The standard InChI is InChI=1S/C22H26N2O5/c1-15(16-4-7-19(28-3)8-5-16)23-22(26)17-6-9-20-18(12-17)13-24(10-11-27-2)21(25)14-29-20/h4-9,12,15H,10-11,13-14H2,1-3H3,(H,23,26). The first-order valence-electron chi connectivity index (χ1n) is 9.49. The van der Waals surface area contributed by atoms with Gasteiger partial charge in [-0.1, -0.05) is 12.1 Å². The molecule has 7 nitrogen and oxygen atoms in total. The lowest BCUT2D eigenvalue weighted by molar-refractivity contribution is -0.133. The van der Waals surface area contributed by atoms with Crippen molar-refractivity contribution >= 4 is 11.8 Å². The van der Waals surface area contributed by atoms with Crippen LogP contribution < -0.4 is 14.8 Å². The van der Waals surface area contributed by atoms with Crippen LogP contribution in [0.1, 0.15) is 34.5 Å². The summed E-state index contributed by atoms with van der Waals surface area (Å²) in [6.07, 6.45) is 0. The molecule has 154 valence electrons. The Hall–Kier alpha value is -3.06. The van der Waals surface area contributed by atoms with Gasteiger partial charge in [-0.2, -0.15) is 0 Å². The lowest BCUT2D eigenvalue weighted by Crippen LogP contribution is -2.34. The maximum atomic E-state index is 12.8. The molecule has 1 unspecified atom stereocenters. The van der Waals surface area contributed by atoms with Gasteiger partial charge >= 0.3 is 0 Å². The molecule has 1 atom stereocenters. The van der Waals surface area contributed by atoms with E-state index in [9.17, 15) is 9.59 Å². The Labute approximate surface area is 170 Å². The number of fused-ring (bicyclic) bond motifs is 1. The molecule has 2 aromatic rings. The molecule has 0 aliphatic carbocycles. The fourth-order valence-electron chi connectivity index (χ4n) is 3.17. The monoisotopic (exact) mass is 398 g/mol. The van der Waals surface area contributed by atoms with E-state index in [-0.39, 0.29) is 24.5 Å². The zero-order valence-corrected chi connectivity index (χ0v) is 16.9. The summed E-state index contributed by atoms with van der Waals surface area (Å²) in [6.45, 7) is 3.21. The third kappa shape index (κ3) is 5.06. The van der Waals surface area contributed by atoms with Crippen LogP contribution in [0.4, 0.5) is 0 Å². The molecule has 1 heterocycles. The molecule has 29 heavy (non-hydrogen) atoms. The van der Waals surface area contributed by atoms with E-state index < -0.39 is 0 Å². The molecular formula is C22H26N2O5. The Morgan fingerprint density at radius 2 is 1.97 bits per heavy atom. The zero-order valence-electron chi connectivity index (χ0n) is 16.9. The molecule has 0 radical (unpaired) electrons. The topological polar surface area (TPSA) is 77.1 Å². The largest absolute Gasteiger partial charge is 0.497 e. The van der Waals surface area contributed by atoms with E-state index in [4.69, 9.17) is 14.2 Å². The first-order chi connectivity index (χ1) is 14.0. The van der Waals surface area contributed by atoms with E-state index in [1.807, 2.05) is 31.2 Å². The molecular weight excluding hydrogens is 372 g/mol. The van der Waals surface area contributed by atoms with Gasteiger partial charge in [-0.05, 0) is 42.8 Å². The highest BCUT2D eigenvalue weighted by molar-refractivity contribution is 5.95. The Balaban J connectivity index is 1.72. The quantitative estimate of drug-likeness (QED) is 0.776. The van der Waals surface area contributed by atoms with Gasteiger partial charge in [-0.3, -0.25) is 9.59 Å². The zero-order chi connectivity index (χ0) is 20.8. The third-order valence-electron chi connectivity index (χ3n) is 4.92. The maximum absolute atomic E-state index is 12.8. The molecule has 2 amide bonds. The van der Waals surface area contributed by atoms with Gasteiger partial charge in [0.1, 0.15) is 11.5 Å². The summed E-state index contributed by atoms with van der Waals surface area (Å²) in [5.74, 6) is 1.11. The van der Waals surface area contributed by atoms with E-state index in [1.54, 1.807) is 37.3 Å². The van der Waals surface area contributed by atoms with Crippen molar-refractivity contribution in [2.24, 2.45) is 0 Å². The lowest BCUT2D eigenvalue weighted by atomic mass is 10.1. The number of benzene rings is 2. The number of ether oxygens (including phenoxy) is 3. The summed E-state index contributed by atoms with van der Waals surface area (Å²) < 4.78 is 15.8. The highest BCUT2D eigenvalue weighted by atomic mass is 16.5. The number of carbonyl (C=O) groups is 2. The van der Waals surface area contributed by atoms with Crippen molar-refractivity contribution in [3.63, 3.8) is 0 Å². The maximum Gasteiger partial charge on any atom is 0.260 e. The van der Waals surface area contributed by atoms with Crippen LogP contribution in [0.3, 0.4) is 0 Å². The molecule has 0 saturated heterocycles. The van der Waals surface area contributed by atoms with Crippen LogP contribution in [0.5, 0.6) is 11.5 Å². The van der Waals surface area contributed by atoms with E-state index in [0.29, 0.717) is 31.0 Å². The molecule has 0 saturated carbocycles. The molecule has 1 N–H and O–H groups in total. The summed E-state index contributed by atoms with van der Waals surface area (Å²) in [4.78, 5) is 26.7. The SMILES string of the molecule is COCCN1Cc2cc(C(=O)NC(C)c3ccc(OC)cc3)ccc2OCC1=O. The summed E-state index contributed by atoms with van der Waals surface area (Å²) in [7, 11) is 3.21. The summed E-state index contributed by atoms with van der Waals surface area (Å²) in [5, 5.41) is 3.01. The average molecular weight is 398 g/mol. The van der Waals surface area contributed by atoms with Crippen LogP contribution in [0.15, 0.2) is 42.5 Å². The van der Waals surface area contributed by atoms with Gasteiger partial charge in [0.15, 0.2) is 6.61 Å². The van der Waals surface area contributed by atoms with Gasteiger partial charge in [0.05, 0.1) is 19.8 Å². The molecule has 3 rings (SSSR count). The molecule has 1 aliphatic rings. The van der Waals surface area contributed by atoms with Crippen LogP contribution in [0, 0.1) is 0 Å². The van der Waals surface area contributed by atoms with Crippen molar-refractivity contribution < 1.29 is 23.8 Å². The third-order valence-corrected chi connectivity index (χ3v) is 4.92. The summed E-state index contributed by atoms with van der Waals surface area (Å²) >= 11 is 0. The van der Waals surface area contributed by atoms with Gasteiger partial charge in [-0.25, -0.2) is 0 Å². The second kappa shape index (κ2) is 9.43. The Morgan fingerprint density at radius 3 is 2.66 bits per heavy atom. The van der Waals surface area contributed by atoms with Crippen molar-refractivity contribution in [3.05, 3.63) is 59.2 Å². The highest BCUT2D eigenvalue weighted by Crippen LogP contribution is 2.25. The van der Waals surface area contributed by atoms with Gasteiger partial charge < -0.3 is 24.4 Å². The number of amides is 2. The number of rotatable bonds is 7. The van der Waals surface area contributed by atoms with Gasteiger partial charge in [-0.15, -0.1) is 0 Å². The Kier molecular flexibility index (Phi) is 6.72. The van der Waals surface area contributed by atoms with E-state index in [0.717, 1.165) is 16.9 Å². The van der Waals surface area contributed by atoms with Crippen LogP contribution in [0.25, 0.3) is 0 Å². The van der Waals surface area contributed by atoms with Crippen LogP contribution in [-0.4, -0.2) is 50.7 Å². The number of nitrogens with zero attached hydrogens (tertiary/aromatic N) is 1. The predicted molar refractivity (Wildman–Crippen MR) is 108 cm³/mol. The fourth-order valence-corrected chi connectivity index (χ4v) is 3.17. The molecule has 0 fully saturated rings. The van der Waals surface area contributed by atoms with Crippen molar-refractivity contribution in [2.45, 2.75) is 19.5 Å². The van der Waals surface area contributed by atoms with Crippen molar-refractivity contribution in [1.82, 2.24) is 10.2 Å². The second-order valence-corrected chi connectivity index (χ2v) is 6.89. The average Bonchev–Trinajstić information content (AvgIpc) is 2.90. The fraction of sp³-hybridized carbons (Fsp3) is 0.364. The van der Waals surface area contributed by atoms with Gasteiger partial charge in [0.25, 0.3) is 11.8 Å². The highest BCUT2D eigenvalue weighted by Gasteiger charge is 2.22. The molecule has 0 aromatic heterocycles. The van der Waals surface area contributed by atoms with Crippen LogP contribution >= 0.6 is 0 Å². The number of methoxy groups -OCH3 is 2. The van der Waals surface area contributed by atoms with Gasteiger partial charge in [0.2, 0.25) is 0 Å². The van der Waals surface area contributed by atoms with E-state index in [2.05, 4.69) is 5.32 Å². The molecule has 0 spiro atoms. The lowest BCUT2D eigenvalue weighted by Gasteiger charge is -2.19. The van der Waals surface area contributed by atoms with Crippen LogP contribution in [0.2, 0.25) is 0 Å². The normalized spacial score (nSPS) is 14.4. The summed E-state index contributed by atoms with van der Waals surface area (Å²) in [6, 6.07) is 12.7. The van der Waals surface area contributed by atoms with Crippen molar-refractivity contribution in [3.8, 4) is 11.5 Å². The smallest absolute Gasteiger partial charge is 0.260 e. The Bertz CT molecular complexity index is 866. The number of nitrogens with one attached hydrogen (secondary N) is 1. The second-order valence-electron chi connectivity index (χ2n) is 6.89. The first kappa shape index (κ1) is 20.7. The van der Waals surface area contributed by atoms with E-state index in [1.165, 1.54) is 0 Å². The van der Waals surface area contributed by atoms with Crippen molar-refractivity contribution in [2.75, 3.05) is 34.0 Å². The molecule has 1 aliphatic heterocycles. The van der Waals surface area contributed by atoms with Crippen LogP contribution in [-0.2, 0) is 16.1 Å². The summed E-state index contributed by atoms with van der Waals surface area (Å²) in [5.41, 5.74) is 2.30. The Morgan fingerprint density at radius 1 is 1.21 bits per heavy atom. The van der Waals surface area contributed by atoms with E-state index >= 15 is 0 Å². The molecule has 7 heteroatoms. The number of hydrogen-bond donors (Lipinski definition) is 1. The van der Waals surface area contributed by atoms with Gasteiger partial charge in [0, 0.05) is 31.3 Å². The minimum absolute atomic E-state index is 0.0171. The first-order valence-corrected chi connectivity index (χ1v) is 9.49. The number of carbonyl (C=O) groups excluding carboxylic acids is 2. The minimum atomic E-state index is -0.185. The predicted octanol–water partition coefficient (Wildman–Crippen LogP) is 2.55. The number of hydrogen-bond acceptors (Lipinski definition) is 5. The minimum Gasteiger partial charge on any atom is -0.497 e. The molecule has 0 bridgehead atoms.